The van der Waals surface area contributed by atoms with Gasteiger partial charge in [0.2, 0.25) is 5.95 Å². The molecule has 1 amide bonds. The molecule has 0 aliphatic carbocycles. The summed E-state index contributed by atoms with van der Waals surface area (Å²) in [7, 11) is 0. The van der Waals surface area contributed by atoms with E-state index in [1.54, 1.807) is 4.90 Å². The zero-order chi connectivity index (χ0) is 16.0. The molecule has 2 saturated heterocycles. The van der Waals surface area contributed by atoms with Crippen molar-refractivity contribution in [1.29, 1.82) is 0 Å². The summed E-state index contributed by atoms with van der Waals surface area (Å²) >= 11 is -0.775. The second kappa shape index (κ2) is 5.61. The normalized spacial score (nSPS) is 25.1. The fourth-order valence-electron chi connectivity index (χ4n) is 3.30. The predicted molar refractivity (Wildman–Crippen MR) is 89.0 cm³/mol. The Bertz CT molecular complexity index is 763. The summed E-state index contributed by atoms with van der Waals surface area (Å²) in [4.78, 5) is 17.9. The molecular formula is C15H18N4O3S. The first-order valence-corrected chi connectivity index (χ1v) is 9.19. The number of fused-ring (bicyclic) bond motifs is 1. The van der Waals surface area contributed by atoms with E-state index in [4.69, 9.17) is 10.5 Å². The summed E-state index contributed by atoms with van der Waals surface area (Å²) < 4.78 is 18.7. The molecule has 2 unspecified atom stereocenters. The van der Waals surface area contributed by atoms with Crippen LogP contribution >= 0.6 is 0 Å². The van der Waals surface area contributed by atoms with E-state index in [0.29, 0.717) is 30.6 Å². The highest BCUT2D eigenvalue weighted by Crippen LogP contribution is 2.32. The van der Waals surface area contributed by atoms with Crippen LogP contribution in [0.15, 0.2) is 18.2 Å². The molecule has 2 aliphatic heterocycles. The molecule has 2 aromatic rings. The van der Waals surface area contributed by atoms with Crippen LogP contribution in [0.25, 0.3) is 11.0 Å². The van der Waals surface area contributed by atoms with Crippen molar-refractivity contribution in [1.82, 2.24) is 9.55 Å². The average molecular weight is 334 g/mol. The Kier molecular flexibility index (Phi) is 3.57. The van der Waals surface area contributed by atoms with Gasteiger partial charge >= 0.3 is 6.09 Å². The van der Waals surface area contributed by atoms with E-state index >= 15 is 0 Å². The molecule has 2 aliphatic rings. The first-order chi connectivity index (χ1) is 11.1. The lowest BCUT2D eigenvalue weighted by Crippen LogP contribution is -2.37. The molecule has 8 heteroatoms. The van der Waals surface area contributed by atoms with Crippen LogP contribution in [0.5, 0.6) is 0 Å². The van der Waals surface area contributed by atoms with Gasteiger partial charge < -0.3 is 19.6 Å². The number of cyclic esters (lactones) is 1. The number of imidazole rings is 1. The number of carbonyl (C=O) groups excluding carboxylic acids is 1. The monoisotopic (exact) mass is 334 g/mol. The second-order valence-electron chi connectivity index (χ2n) is 5.89. The van der Waals surface area contributed by atoms with Crippen molar-refractivity contribution < 1.29 is 14.1 Å². The number of ether oxygens (including phenoxy) is 1. The van der Waals surface area contributed by atoms with E-state index in [9.17, 15) is 9.35 Å². The van der Waals surface area contributed by atoms with Crippen LogP contribution < -0.4 is 10.6 Å². The van der Waals surface area contributed by atoms with Gasteiger partial charge in [0, 0.05) is 18.7 Å². The summed E-state index contributed by atoms with van der Waals surface area (Å²) in [6, 6.07) is 5.81. The maximum Gasteiger partial charge on any atom is 0.414 e. The summed E-state index contributed by atoms with van der Waals surface area (Å²) in [5.74, 6) is 1.76. The number of nitrogen functional groups attached to an aromatic ring is 1. The highest BCUT2D eigenvalue weighted by molar-refractivity contribution is 7.91. The van der Waals surface area contributed by atoms with Gasteiger partial charge in [0.1, 0.15) is 11.5 Å². The van der Waals surface area contributed by atoms with E-state index in [1.165, 1.54) is 0 Å². The quantitative estimate of drug-likeness (QED) is 0.843. The molecule has 7 nitrogen and oxygen atoms in total. The topological polar surface area (TPSA) is 96.4 Å². The van der Waals surface area contributed by atoms with Crippen LogP contribution in [0, 0.1) is 0 Å². The summed E-state index contributed by atoms with van der Waals surface area (Å²) in [6.07, 6.45) is 1.34. The lowest BCUT2D eigenvalue weighted by molar-refractivity contribution is 0.140. The lowest BCUT2D eigenvalue weighted by atomic mass is 10.2. The number of nitrogens with two attached hydrogens (primary N) is 1. The van der Waals surface area contributed by atoms with Gasteiger partial charge in [-0.1, -0.05) is 11.2 Å². The zero-order valence-corrected chi connectivity index (χ0v) is 13.4. The first-order valence-electron chi connectivity index (χ1n) is 7.70. The molecule has 122 valence electrons. The zero-order valence-electron chi connectivity index (χ0n) is 12.6. The smallest absolute Gasteiger partial charge is 0.414 e. The maximum atomic E-state index is 11.9. The Hall–Kier alpha value is -1.93. The molecule has 3 heterocycles. The summed E-state index contributed by atoms with van der Waals surface area (Å²) in [6.45, 7) is 1.11. The van der Waals surface area contributed by atoms with Crippen LogP contribution in [0.1, 0.15) is 18.9 Å². The molecule has 1 aromatic carbocycles. The number of nitrogens with zero attached hydrogens (tertiary/aromatic N) is 3. The number of hydrogen-bond donors (Lipinski definition) is 1. The van der Waals surface area contributed by atoms with Gasteiger partial charge in [0.05, 0.1) is 23.7 Å². The predicted octanol–water partition coefficient (Wildman–Crippen LogP) is 1.66. The minimum Gasteiger partial charge on any atom is -0.616 e. The molecule has 4 rings (SSSR count). The Morgan fingerprint density at radius 1 is 1.43 bits per heavy atom. The molecule has 23 heavy (non-hydrogen) atoms. The average Bonchev–Trinajstić information content (AvgIpc) is 3.09. The van der Waals surface area contributed by atoms with Gasteiger partial charge in [0.15, 0.2) is 0 Å². The van der Waals surface area contributed by atoms with Crippen molar-refractivity contribution in [2.45, 2.75) is 18.9 Å². The van der Waals surface area contributed by atoms with Crippen molar-refractivity contribution >= 4 is 39.9 Å². The van der Waals surface area contributed by atoms with E-state index in [-0.39, 0.29) is 12.1 Å². The van der Waals surface area contributed by atoms with E-state index < -0.39 is 11.2 Å². The van der Waals surface area contributed by atoms with Gasteiger partial charge in [-0.2, -0.15) is 0 Å². The van der Waals surface area contributed by atoms with Gasteiger partial charge in [0.25, 0.3) is 0 Å². The molecule has 0 spiro atoms. The number of carbonyl (C=O) groups is 1. The summed E-state index contributed by atoms with van der Waals surface area (Å²) in [5, 5.41) is 0. The number of hydrogen-bond acceptors (Lipinski definition) is 5. The minimum atomic E-state index is -0.775. The first kappa shape index (κ1) is 14.6. The van der Waals surface area contributed by atoms with Crippen molar-refractivity contribution in [3.05, 3.63) is 18.2 Å². The number of aromatic nitrogens is 2. The van der Waals surface area contributed by atoms with Crippen molar-refractivity contribution in [3.8, 4) is 0 Å². The largest absolute Gasteiger partial charge is 0.616 e. The van der Waals surface area contributed by atoms with Crippen LogP contribution in [-0.2, 0) is 15.9 Å². The number of benzene rings is 1. The number of amides is 1. The molecule has 2 atom stereocenters. The molecule has 2 fully saturated rings. The van der Waals surface area contributed by atoms with Gasteiger partial charge in [-0.25, -0.2) is 9.78 Å². The fourth-order valence-corrected chi connectivity index (χ4v) is 4.74. The Morgan fingerprint density at radius 3 is 3.04 bits per heavy atom. The maximum absolute atomic E-state index is 11.9. The van der Waals surface area contributed by atoms with Crippen LogP contribution in [0.3, 0.4) is 0 Å². The standard InChI is InChI=1S/C15H18N4O3S/c16-14-17-12-8-10(18-5-1-6-22-15(18)20)2-3-13(12)19(14)11-4-7-23(21)9-11/h2-3,8,11H,1,4-7,9H2,(H2,16,17). The van der Waals surface area contributed by atoms with Crippen molar-refractivity contribution in [2.24, 2.45) is 0 Å². The molecule has 0 bridgehead atoms. The van der Waals surface area contributed by atoms with Gasteiger partial charge in [-0.3, -0.25) is 4.90 Å². The van der Waals surface area contributed by atoms with Crippen LogP contribution in [0.4, 0.5) is 16.4 Å². The third-order valence-electron chi connectivity index (χ3n) is 4.41. The SMILES string of the molecule is Nc1nc2cc(N3CCCOC3=O)ccc2n1C1CC[S+]([O-])C1. The van der Waals surface area contributed by atoms with E-state index in [2.05, 4.69) is 4.98 Å². The molecule has 1 aromatic heterocycles. The van der Waals surface area contributed by atoms with E-state index in [0.717, 1.165) is 29.6 Å². The third-order valence-corrected chi connectivity index (χ3v) is 5.85. The van der Waals surface area contributed by atoms with Crippen molar-refractivity contribution in [2.75, 3.05) is 35.3 Å². The number of anilines is 2. The molecule has 2 N–H and O–H groups in total. The molecule has 0 saturated carbocycles. The van der Waals surface area contributed by atoms with Gasteiger partial charge in [-0.05, 0) is 24.6 Å². The fraction of sp³-hybridized carbons (Fsp3) is 0.467. The highest BCUT2D eigenvalue weighted by atomic mass is 32.2. The number of rotatable bonds is 2. The third kappa shape index (κ3) is 2.51. The van der Waals surface area contributed by atoms with Crippen LogP contribution in [0.2, 0.25) is 0 Å². The Labute approximate surface area is 136 Å². The van der Waals surface area contributed by atoms with Gasteiger partial charge in [-0.15, -0.1) is 0 Å². The van der Waals surface area contributed by atoms with E-state index in [1.807, 2.05) is 22.8 Å². The Balaban J connectivity index is 1.72. The summed E-state index contributed by atoms with van der Waals surface area (Å²) in [5.41, 5.74) is 8.51. The minimum absolute atomic E-state index is 0.131. The molecule has 0 radical (unpaired) electrons. The molecular weight excluding hydrogens is 316 g/mol. The highest BCUT2D eigenvalue weighted by Gasteiger charge is 2.30. The van der Waals surface area contributed by atoms with Crippen LogP contribution in [-0.4, -0.2) is 44.9 Å². The Morgan fingerprint density at radius 2 is 2.30 bits per heavy atom. The van der Waals surface area contributed by atoms with Crippen molar-refractivity contribution in [3.63, 3.8) is 0 Å². The second-order valence-corrected chi connectivity index (χ2v) is 7.51. The lowest BCUT2D eigenvalue weighted by Gasteiger charge is -2.26.